The largest absolute Gasteiger partial charge is 0.502 e. The fourth-order valence-corrected chi connectivity index (χ4v) is 14.0. The van der Waals surface area contributed by atoms with Crippen molar-refractivity contribution in [3.05, 3.63) is 298 Å². The van der Waals surface area contributed by atoms with Gasteiger partial charge in [-0.2, -0.15) is 8.42 Å². The van der Waals surface area contributed by atoms with E-state index < -0.39 is 51.2 Å². The maximum Gasteiger partial charge on any atom is 0.277 e. The third-order valence-electron chi connectivity index (χ3n) is 18.8. The first kappa shape index (κ1) is 81.6. The number of hydrogen-bond donors (Lipinski definition) is 3. The average molecular weight is 1520 g/mol. The van der Waals surface area contributed by atoms with E-state index in [0.29, 0.717) is 70.5 Å². The molecule has 9 aromatic rings. The molecule has 0 bridgehead atoms. The fourth-order valence-electron chi connectivity index (χ4n) is 13.6. The number of aromatic hydroxyl groups is 1. The van der Waals surface area contributed by atoms with Gasteiger partial charge in [-0.15, -0.1) is 0 Å². The zero-order valence-electron chi connectivity index (χ0n) is 63.6. The minimum atomic E-state index is -3.84. The molecule has 3 N–H and O–H groups in total. The first-order chi connectivity index (χ1) is 53.4. The number of pyridine rings is 3. The molecule has 0 saturated carbocycles. The summed E-state index contributed by atoms with van der Waals surface area (Å²) in [4.78, 5) is 85.4. The van der Waals surface area contributed by atoms with E-state index in [9.17, 15) is 42.3 Å². The van der Waals surface area contributed by atoms with Crippen LogP contribution in [0.5, 0.6) is 17.2 Å². The molecule has 3 aromatic heterocycles. The molecule has 0 atom stereocenters. The molecule has 0 aliphatic carbocycles. The highest BCUT2D eigenvalue weighted by Crippen LogP contribution is 2.38. The summed E-state index contributed by atoms with van der Waals surface area (Å²) in [5, 5.41) is 23.1. The minimum absolute atomic E-state index is 0.0231. The monoisotopic (exact) mass is 1520 g/mol. The lowest BCUT2D eigenvalue weighted by Crippen LogP contribution is -2.57. The lowest BCUT2D eigenvalue weighted by Gasteiger charge is -2.45. The summed E-state index contributed by atoms with van der Waals surface area (Å²) in [6, 6.07) is 63.2. The van der Waals surface area contributed by atoms with Crippen molar-refractivity contribution in [1.82, 2.24) is 39.4 Å². The number of benzene rings is 6. The molecular formula is C83H99N11O15S. The Kier molecular flexibility index (Phi) is 29.3. The van der Waals surface area contributed by atoms with Crippen LogP contribution in [0.4, 0.5) is 0 Å². The van der Waals surface area contributed by atoms with Gasteiger partial charge < -0.3 is 54.1 Å². The van der Waals surface area contributed by atoms with E-state index in [1.54, 1.807) is 58.5 Å². The van der Waals surface area contributed by atoms with Crippen LogP contribution in [0.2, 0.25) is 0 Å². The molecule has 0 fully saturated rings. The van der Waals surface area contributed by atoms with Gasteiger partial charge in [0, 0.05) is 72.3 Å². The van der Waals surface area contributed by atoms with Gasteiger partial charge in [-0.05, 0) is 60.3 Å². The number of rotatable bonds is 33. The number of nitrogens with one attached hydrogen (secondary N) is 2. The first-order valence-electron chi connectivity index (χ1n) is 36.8. The Morgan fingerprint density at radius 1 is 0.409 bits per heavy atom. The van der Waals surface area contributed by atoms with E-state index in [1.807, 2.05) is 186 Å². The molecule has 0 radical (unpaired) electrons. The molecule has 582 valence electrons. The predicted octanol–water partition coefficient (Wildman–Crippen LogP) is 8.89. The summed E-state index contributed by atoms with van der Waals surface area (Å²) >= 11 is 0. The third kappa shape index (κ3) is 19.4. The molecule has 0 saturated heterocycles. The van der Waals surface area contributed by atoms with Crippen molar-refractivity contribution >= 4 is 27.8 Å². The van der Waals surface area contributed by atoms with E-state index in [-0.39, 0.29) is 90.8 Å². The number of aromatic nitrogens is 3. The Morgan fingerprint density at radius 2 is 0.691 bits per heavy atom. The smallest absolute Gasteiger partial charge is 0.277 e. The summed E-state index contributed by atoms with van der Waals surface area (Å²) < 4.78 is 62.0. The Labute approximate surface area is 642 Å². The van der Waals surface area contributed by atoms with Crippen LogP contribution in [0.1, 0.15) is 140 Å². The van der Waals surface area contributed by atoms with Crippen molar-refractivity contribution < 1.29 is 55.8 Å². The number of unbranched alkanes of at least 4 members (excludes halogenated alkanes) is 2. The lowest BCUT2D eigenvalue weighted by atomic mass is 9.98. The summed E-state index contributed by atoms with van der Waals surface area (Å²) in [5.74, 6) is -1.59. The lowest BCUT2D eigenvalue weighted by molar-refractivity contribution is 0.0602. The second-order valence-corrected chi connectivity index (χ2v) is 28.2. The van der Waals surface area contributed by atoms with Gasteiger partial charge >= 0.3 is 0 Å². The highest BCUT2D eigenvalue weighted by Gasteiger charge is 2.42. The Balaban J connectivity index is 0.000000176. The molecule has 0 spiro atoms. The first-order valence-corrected chi connectivity index (χ1v) is 38.6. The van der Waals surface area contributed by atoms with Crippen molar-refractivity contribution in [3.8, 4) is 17.2 Å². The SMILES string of the molecule is CCCCOc1c2n(c(CNC)cc1=O)N(C(c1ccccc1)c1ccccc1)CN(CCOC)C2=O.CCCCOc1c2n(c(COS(C)(=O)=O)cc1=O)N(C(c1ccccc1)c1ccccc1)CN(CCOC)C2=O.CNCc1cc(=O)c(O)c2n1N(C(c1ccccc1)c1ccccc1)CN(CCOC)C2=O. The maximum atomic E-state index is 14.0. The standard InChI is InChI=1S/C29H36N4O4.C29H35N3O7S.C25H28N4O4/c1-4-5-17-37-28-25(34)19-24(20-30-2)33-27(28)29(35)31(16-18-36-3)21-32(33)26(22-12-8-6-9-13-22)23-14-10-7-11-15-23;1-4-5-17-38-28-25(33)19-24(20-39-40(3,35)36)32-27(28)29(34)30(16-18-37-2)21-31(32)26(22-12-8-6-9-13-22)23-14-10-7-11-15-23;1-26-16-20-15-21(30)24(31)23-25(32)27(13-14-33-2)17-28(29(20)23)22(18-9-5-3-6-10-18)19-11-7-4-8-12-19/h6-15,19,26,30H,4-5,16-18,20-21H2,1-3H3;6-15,19,26H,4-5,16-18,20-21H2,1-3H3;3-12,15,22,26,31H,13-14,16-17H2,1-2H3. The van der Waals surface area contributed by atoms with Gasteiger partial charge in [-0.25, -0.2) is 14.0 Å². The average Bonchev–Trinajstić information content (AvgIpc) is 0.749. The van der Waals surface area contributed by atoms with E-state index >= 15 is 0 Å². The van der Waals surface area contributed by atoms with Gasteiger partial charge in [0.2, 0.25) is 16.3 Å². The Hall–Kier alpha value is -10.9. The molecule has 6 aromatic carbocycles. The van der Waals surface area contributed by atoms with Crippen LogP contribution in [-0.4, -0.2) is 174 Å². The third-order valence-corrected chi connectivity index (χ3v) is 19.3. The van der Waals surface area contributed by atoms with Crippen LogP contribution in [0.25, 0.3) is 0 Å². The topological polar surface area (TPSA) is 270 Å². The molecule has 26 nitrogen and oxygen atoms in total. The molecule has 110 heavy (non-hydrogen) atoms. The second-order valence-electron chi connectivity index (χ2n) is 26.5. The van der Waals surface area contributed by atoms with Crippen molar-refractivity contribution in [2.75, 3.05) is 129 Å². The van der Waals surface area contributed by atoms with Gasteiger partial charge in [-0.3, -0.25) is 48.0 Å². The Morgan fingerprint density at radius 3 is 0.982 bits per heavy atom. The zero-order valence-corrected chi connectivity index (χ0v) is 64.4. The highest BCUT2D eigenvalue weighted by molar-refractivity contribution is 7.85. The predicted molar refractivity (Wildman–Crippen MR) is 422 cm³/mol. The summed E-state index contributed by atoms with van der Waals surface area (Å²) in [5.41, 5.74) is 6.40. The fraction of sp³-hybridized carbons (Fsp3) is 0.349. The van der Waals surface area contributed by atoms with Crippen LogP contribution >= 0.6 is 0 Å². The molecule has 3 aliphatic heterocycles. The van der Waals surface area contributed by atoms with Crippen LogP contribution in [0.3, 0.4) is 0 Å². The molecule has 6 heterocycles. The van der Waals surface area contributed by atoms with Crippen molar-refractivity contribution in [1.29, 1.82) is 0 Å². The maximum absolute atomic E-state index is 14.0. The van der Waals surface area contributed by atoms with Crippen molar-refractivity contribution in [2.24, 2.45) is 0 Å². The van der Waals surface area contributed by atoms with Gasteiger partial charge in [0.25, 0.3) is 27.8 Å². The van der Waals surface area contributed by atoms with Gasteiger partial charge in [0.1, 0.15) is 26.6 Å². The molecule has 27 heteroatoms. The van der Waals surface area contributed by atoms with Gasteiger partial charge in [-0.1, -0.05) is 209 Å². The normalized spacial score (nSPS) is 13.4. The Bertz CT molecular complexity index is 4700. The minimum Gasteiger partial charge on any atom is -0.502 e. The number of amides is 3. The van der Waals surface area contributed by atoms with Crippen LogP contribution in [-0.2, 0) is 48.2 Å². The van der Waals surface area contributed by atoms with Crippen LogP contribution < -0.4 is 51.4 Å². The molecule has 0 unspecified atom stereocenters. The number of nitrogens with zero attached hydrogens (tertiary/aromatic N) is 9. The van der Waals surface area contributed by atoms with Gasteiger partial charge in [0.05, 0.1) is 74.5 Å². The summed E-state index contributed by atoms with van der Waals surface area (Å²) in [7, 11) is 4.50. The number of fused-ring (bicyclic) bond motifs is 3. The van der Waals surface area contributed by atoms with E-state index in [1.165, 1.54) is 12.1 Å². The van der Waals surface area contributed by atoms with Crippen molar-refractivity contribution in [2.45, 2.75) is 77.4 Å². The van der Waals surface area contributed by atoms with E-state index in [4.69, 9.17) is 27.9 Å². The van der Waals surface area contributed by atoms with Crippen molar-refractivity contribution in [3.63, 3.8) is 0 Å². The molecular weight excluding hydrogens is 1420 g/mol. The number of carbonyl (C=O) groups is 3. The number of methoxy groups -OCH3 is 3. The molecule has 12 rings (SSSR count). The quantitative estimate of drug-likeness (QED) is 0.0256. The molecule has 3 amide bonds. The van der Waals surface area contributed by atoms with Crippen LogP contribution in [0, 0.1) is 0 Å². The van der Waals surface area contributed by atoms with E-state index in [0.717, 1.165) is 58.9 Å². The summed E-state index contributed by atoms with van der Waals surface area (Å²) in [6.45, 7) is 7.70. The van der Waals surface area contributed by atoms with E-state index in [2.05, 4.69) is 46.8 Å². The number of hydrogen-bond acceptors (Lipinski definition) is 20. The molecule has 3 aliphatic rings. The second kappa shape index (κ2) is 39.5. The summed E-state index contributed by atoms with van der Waals surface area (Å²) in [6.07, 6.45) is 4.19. The number of ether oxygens (including phenoxy) is 5. The zero-order chi connectivity index (χ0) is 78.3. The highest BCUT2D eigenvalue weighted by atomic mass is 32.2. The van der Waals surface area contributed by atoms with Gasteiger partial charge in [0.15, 0.2) is 34.3 Å². The number of carbonyl (C=O) groups excluding carboxylic acids is 3. The van der Waals surface area contributed by atoms with Crippen LogP contribution in [0.15, 0.2) is 215 Å².